The smallest absolute Gasteiger partial charge is 0.191 e. The van der Waals surface area contributed by atoms with Gasteiger partial charge in [-0.15, -0.1) is 0 Å². The van der Waals surface area contributed by atoms with E-state index in [1.807, 2.05) is 24.3 Å². The van der Waals surface area contributed by atoms with Crippen molar-refractivity contribution in [3.8, 4) is 11.5 Å². The number of guanidine groups is 1. The van der Waals surface area contributed by atoms with E-state index in [2.05, 4.69) is 22.5 Å². The fourth-order valence-corrected chi connectivity index (χ4v) is 3.59. The highest BCUT2D eigenvalue weighted by atomic mass is 16.5. The molecule has 0 unspecified atom stereocenters. The molecule has 6 heteroatoms. The minimum atomic E-state index is 0.337. The second-order valence-corrected chi connectivity index (χ2v) is 7.03. The predicted octanol–water partition coefficient (Wildman–Crippen LogP) is 3.23. The number of aliphatic imine (C=N–C) groups is 1. The lowest BCUT2D eigenvalue weighted by molar-refractivity contribution is 0.105. The summed E-state index contributed by atoms with van der Waals surface area (Å²) in [6.45, 7) is 5.88. The van der Waals surface area contributed by atoms with Gasteiger partial charge >= 0.3 is 0 Å². The number of ether oxygens (including phenoxy) is 3. The van der Waals surface area contributed by atoms with Gasteiger partial charge < -0.3 is 24.8 Å². The van der Waals surface area contributed by atoms with Gasteiger partial charge in [0.05, 0.1) is 13.7 Å². The number of nitrogens with zero attached hydrogens (tertiary/aromatic N) is 1. The van der Waals surface area contributed by atoms with Crippen LogP contribution in [-0.4, -0.2) is 53.0 Å². The van der Waals surface area contributed by atoms with Crippen LogP contribution in [0.3, 0.4) is 0 Å². The third kappa shape index (κ3) is 7.29. The molecule has 1 aromatic carbocycles. The van der Waals surface area contributed by atoms with Crippen LogP contribution in [0.4, 0.5) is 0 Å². The first-order chi connectivity index (χ1) is 13.2. The molecule has 1 aromatic rings. The Morgan fingerprint density at radius 3 is 2.63 bits per heavy atom. The first-order valence-corrected chi connectivity index (χ1v) is 10.0. The molecule has 0 bridgehead atoms. The molecule has 0 aromatic heterocycles. The average Bonchev–Trinajstić information content (AvgIpc) is 3.17. The van der Waals surface area contributed by atoms with Crippen molar-refractivity contribution in [3.63, 3.8) is 0 Å². The summed E-state index contributed by atoms with van der Waals surface area (Å²) in [5, 5.41) is 6.83. The highest BCUT2D eigenvalue weighted by Crippen LogP contribution is 2.40. The molecular weight excluding hydrogens is 342 g/mol. The van der Waals surface area contributed by atoms with Gasteiger partial charge in [0.15, 0.2) is 5.96 Å². The molecule has 152 valence electrons. The lowest BCUT2D eigenvalue weighted by Crippen LogP contribution is -2.44. The van der Waals surface area contributed by atoms with E-state index in [1.165, 1.54) is 25.7 Å². The molecule has 1 aliphatic carbocycles. The zero-order chi connectivity index (χ0) is 19.4. The molecule has 0 radical (unpaired) electrons. The van der Waals surface area contributed by atoms with E-state index >= 15 is 0 Å². The molecule has 1 fully saturated rings. The third-order valence-corrected chi connectivity index (χ3v) is 5.20. The summed E-state index contributed by atoms with van der Waals surface area (Å²) in [7, 11) is 3.46. The van der Waals surface area contributed by atoms with Gasteiger partial charge in [-0.25, -0.2) is 0 Å². The molecule has 1 saturated carbocycles. The molecule has 0 heterocycles. The van der Waals surface area contributed by atoms with Crippen LogP contribution in [0.25, 0.3) is 0 Å². The van der Waals surface area contributed by atoms with E-state index in [1.54, 1.807) is 14.2 Å². The monoisotopic (exact) mass is 377 g/mol. The van der Waals surface area contributed by atoms with Crippen molar-refractivity contribution in [2.45, 2.75) is 39.0 Å². The highest BCUT2D eigenvalue weighted by Gasteiger charge is 2.33. The molecule has 0 atom stereocenters. The van der Waals surface area contributed by atoms with E-state index in [0.29, 0.717) is 18.6 Å². The van der Waals surface area contributed by atoms with Crippen molar-refractivity contribution in [3.05, 3.63) is 24.3 Å². The van der Waals surface area contributed by atoms with Crippen LogP contribution in [-0.2, 0) is 4.74 Å². The Morgan fingerprint density at radius 2 is 1.93 bits per heavy atom. The van der Waals surface area contributed by atoms with Gasteiger partial charge in [-0.3, -0.25) is 4.99 Å². The number of nitrogens with one attached hydrogen (secondary N) is 2. The standard InChI is InChI=1S/C21H35N3O3/c1-4-26-14-12-21(10-5-6-11-21)17-24-20(22-2)23-13-15-27-19-9-7-8-18(16-19)25-3/h7-9,16H,4-6,10-15,17H2,1-3H3,(H2,22,23,24). The minimum Gasteiger partial charge on any atom is -0.497 e. The van der Waals surface area contributed by atoms with Crippen molar-refractivity contribution < 1.29 is 14.2 Å². The van der Waals surface area contributed by atoms with Gasteiger partial charge in [-0.05, 0) is 43.7 Å². The zero-order valence-corrected chi connectivity index (χ0v) is 17.1. The van der Waals surface area contributed by atoms with Gasteiger partial charge in [0.1, 0.15) is 18.1 Å². The second kappa shape index (κ2) is 11.7. The van der Waals surface area contributed by atoms with Crippen molar-refractivity contribution in [1.82, 2.24) is 10.6 Å². The summed E-state index contributed by atoms with van der Waals surface area (Å²) in [6.07, 6.45) is 6.28. The predicted molar refractivity (Wildman–Crippen MR) is 110 cm³/mol. The summed E-state index contributed by atoms with van der Waals surface area (Å²) in [6, 6.07) is 7.64. The normalized spacial score (nSPS) is 16.2. The van der Waals surface area contributed by atoms with Gasteiger partial charge in [0, 0.05) is 32.9 Å². The van der Waals surface area contributed by atoms with E-state index in [0.717, 1.165) is 43.6 Å². The van der Waals surface area contributed by atoms with Crippen LogP contribution in [0.5, 0.6) is 11.5 Å². The van der Waals surface area contributed by atoms with E-state index in [4.69, 9.17) is 14.2 Å². The molecule has 0 aliphatic heterocycles. The SMILES string of the molecule is CCOCCC1(CNC(=NC)NCCOc2cccc(OC)c2)CCCC1. The summed E-state index contributed by atoms with van der Waals surface area (Å²) < 4.78 is 16.6. The van der Waals surface area contributed by atoms with Crippen molar-refractivity contribution in [1.29, 1.82) is 0 Å². The van der Waals surface area contributed by atoms with E-state index < -0.39 is 0 Å². The van der Waals surface area contributed by atoms with Crippen molar-refractivity contribution in [2.75, 3.05) is 47.1 Å². The van der Waals surface area contributed by atoms with Crippen molar-refractivity contribution in [2.24, 2.45) is 10.4 Å². The average molecular weight is 378 g/mol. The van der Waals surface area contributed by atoms with Crippen LogP contribution in [0.15, 0.2) is 29.3 Å². The molecule has 0 saturated heterocycles. The van der Waals surface area contributed by atoms with Gasteiger partial charge in [-0.1, -0.05) is 18.9 Å². The van der Waals surface area contributed by atoms with Crippen LogP contribution < -0.4 is 20.1 Å². The van der Waals surface area contributed by atoms with Crippen LogP contribution in [0, 0.1) is 5.41 Å². The number of methoxy groups -OCH3 is 1. The minimum absolute atomic E-state index is 0.337. The molecule has 2 rings (SSSR count). The van der Waals surface area contributed by atoms with Gasteiger partial charge in [0.2, 0.25) is 0 Å². The van der Waals surface area contributed by atoms with Crippen LogP contribution in [0.1, 0.15) is 39.0 Å². The molecule has 27 heavy (non-hydrogen) atoms. The van der Waals surface area contributed by atoms with Gasteiger partial charge in [-0.2, -0.15) is 0 Å². The maximum absolute atomic E-state index is 5.76. The molecule has 2 N–H and O–H groups in total. The first kappa shape index (κ1) is 21.4. The Labute approximate surface area is 163 Å². The molecule has 0 amide bonds. The lowest BCUT2D eigenvalue weighted by Gasteiger charge is -2.30. The zero-order valence-electron chi connectivity index (χ0n) is 17.1. The Kier molecular flexibility index (Phi) is 9.25. The Morgan fingerprint density at radius 1 is 1.15 bits per heavy atom. The fourth-order valence-electron chi connectivity index (χ4n) is 3.59. The highest BCUT2D eigenvalue weighted by molar-refractivity contribution is 5.79. The molecule has 0 spiro atoms. The Balaban J connectivity index is 1.71. The summed E-state index contributed by atoms with van der Waals surface area (Å²) in [4.78, 5) is 4.34. The number of hydrogen-bond donors (Lipinski definition) is 2. The summed E-state index contributed by atoms with van der Waals surface area (Å²) in [5.41, 5.74) is 0.337. The number of hydrogen-bond acceptors (Lipinski definition) is 4. The number of rotatable bonds is 11. The Hall–Kier alpha value is -1.95. The van der Waals surface area contributed by atoms with Gasteiger partial charge in [0.25, 0.3) is 0 Å². The van der Waals surface area contributed by atoms with E-state index in [-0.39, 0.29) is 0 Å². The second-order valence-electron chi connectivity index (χ2n) is 7.03. The topological polar surface area (TPSA) is 64.1 Å². The third-order valence-electron chi connectivity index (χ3n) is 5.20. The molecule has 1 aliphatic rings. The molecule has 6 nitrogen and oxygen atoms in total. The number of benzene rings is 1. The fraction of sp³-hybridized carbons (Fsp3) is 0.667. The van der Waals surface area contributed by atoms with E-state index in [9.17, 15) is 0 Å². The van der Waals surface area contributed by atoms with Crippen molar-refractivity contribution >= 4 is 5.96 Å². The maximum Gasteiger partial charge on any atom is 0.191 e. The van der Waals surface area contributed by atoms with Crippen LogP contribution >= 0.6 is 0 Å². The lowest BCUT2D eigenvalue weighted by atomic mass is 9.83. The Bertz CT molecular complexity index is 572. The summed E-state index contributed by atoms with van der Waals surface area (Å²) >= 11 is 0. The maximum atomic E-state index is 5.76. The largest absolute Gasteiger partial charge is 0.497 e. The molecular formula is C21H35N3O3. The van der Waals surface area contributed by atoms with Crippen LogP contribution in [0.2, 0.25) is 0 Å². The first-order valence-electron chi connectivity index (χ1n) is 10.0. The quantitative estimate of drug-likeness (QED) is 0.352. The summed E-state index contributed by atoms with van der Waals surface area (Å²) in [5.74, 6) is 2.43.